The molecule has 0 fully saturated rings. The van der Waals surface area contributed by atoms with E-state index in [0.717, 1.165) is 11.5 Å². The van der Waals surface area contributed by atoms with Crippen molar-refractivity contribution in [3.05, 3.63) is 23.7 Å². The van der Waals surface area contributed by atoms with Gasteiger partial charge in [0.15, 0.2) is 11.3 Å². The van der Waals surface area contributed by atoms with Gasteiger partial charge in [-0.25, -0.2) is 0 Å². The molecule has 0 bridgehead atoms. The first kappa shape index (κ1) is 9.96. The van der Waals surface area contributed by atoms with Crippen molar-refractivity contribution in [1.29, 1.82) is 0 Å². The number of hydrogen-bond acceptors (Lipinski definition) is 3. The van der Waals surface area contributed by atoms with E-state index in [4.69, 9.17) is 4.42 Å². The molecular formula is C11H14N2O2. The van der Waals surface area contributed by atoms with Gasteiger partial charge >= 0.3 is 0 Å². The number of rotatable bonds is 1. The molecule has 2 rings (SSSR count). The molecule has 1 aromatic rings. The fourth-order valence-electron chi connectivity index (χ4n) is 1.59. The standard InChI is InChI=1S/C11H14N2O2/c1-8-4-5-9(15-8)7-13-11(2,3)6-10(14)12-13/h4-5,7H,6H2,1-3H3/b13-7-. The van der Waals surface area contributed by atoms with Gasteiger partial charge in [0.1, 0.15) is 5.76 Å². The second-order valence-corrected chi connectivity index (χ2v) is 4.41. The molecule has 80 valence electrons. The summed E-state index contributed by atoms with van der Waals surface area (Å²) in [4.78, 5) is 0. The van der Waals surface area contributed by atoms with Crippen LogP contribution in [0.1, 0.15) is 31.8 Å². The molecule has 0 aliphatic carbocycles. The zero-order chi connectivity index (χ0) is 11.1. The van der Waals surface area contributed by atoms with E-state index in [1.54, 1.807) is 10.9 Å². The highest BCUT2D eigenvalue weighted by atomic mass is 16.3. The summed E-state index contributed by atoms with van der Waals surface area (Å²) in [5.74, 6) is 1.49. The Labute approximate surface area is 88.5 Å². The van der Waals surface area contributed by atoms with E-state index in [1.165, 1.54) is 0 Å². The summed E-state index contributed by atoms with van der Waals surface area (Å²) in [6, 6.07) is 3.75. The van der Waals surface area contributed by atoms with E-state index in [-0.39, 0.29) is 11.4 Å². The Hall–Kier alpha value is -1.58. The number of hydrazone groups is 1. The molecule has 0 saturated heterocycles. The van der Waals surface area contributed by atoms with Gasteiger partial charge in [-0.2, -0.15) is 0 Å². The van der Waals surface area contributed by atoms with E-state index in [0.29, 0.717) is 6.42 Å². The summed E-state index contributed by atoms with van der Waals surface area (Å²) in [5, 5.41) is 15.1. The molecule has 2 heterocycles. The highest BCUT2D eigenvalue weighted by molar-refractivity contribution is 5.76. The Kier molecular flexibility index (Phi) is 2.14. The topological polar surface area (TPSA) is 51.6 Å². The number of nitrogens with zero attached hydrogens (tertiary/aromatic N) is 2. The van der Waals surface area contributed by atoms with E-state index in [2.05, 4.69) is 5.10 Å². The molecule has 4 heteroatoms. The van der Waals surface area contributed by atoms with E-state index in [1.807, 2.05) is 32.9 Å². The minimum atomic E-state index is -0.252. The fourth-order valence-corrected chi connectivity index (χ4v) is 1.59. The van der Waals surface area contributed by atoms with Gasteiger partial charge in [-0.05, 0) is 24.2 Å². The van der Waals surface area contributed by atoms with Crippen LogP contribution in [0.4, 0.5) is 0 Å². The normalized spacial score (nSPS) is 22.1. The molecule has 0 unspecified atom stereocenters. The maximum atomic E-state index is 11.2. The molecular weight excluding hydrogens is 192 g/mol. The third-order valence-electron chi connectivity index (χ3n) is 2.43. The quantitative estimate of drug-likeness (QED) is 0.640. The minimum absolute atomic E-state index is 0.0838. The zero-order valence-electron chi connectivity index (χ0n) is 9.15. The molecule has 1 aliphatic heterocycles. The molecule has 4 nitrogen and oxygen atoms in total. The van der Waals surface area contributed by atoms with Crippen molar-refractivity contribution in [2.75, 3.05) is 0 Å². The molecule has 0 aromatic carbocycles. The van der Waals surface area contributed by atoms with Gasteiger partial charge in [0.2, 0.25) is 6.21 Å². The minimum Gasteiger partial charge on any atom is -0.857 e. The maximum Gasteiger partial charge on any atom is 0.239 e. The lowest BCUT2D eigenvalue weighted by Gasteiger charge is -2.10. The molecule has 0 spiro atoms. The predicted molar refractivity (Wildman–Crippen MR) is 55.0 cm³/mol. The lowest BCUT2D eigenvalue weighted by Crippen LogP contribution is -2.31. The molecule has 0 saturated carbocycles. The Morgan fingerprint density at radius 2 is 2.27 bits per heavy atom. The Morgan fingerprint density at radius 1 is 1.53 bits per heavy atom. The van der Waals surface area contributed by atoms with Crippen LogP contribution in [0.2, 0.25) is 0 Å². The second kappa shape index (κ2) is 3.22. The molecule has 0 atom stereocenters. The summed E-state index contributed by atoms with van der Waals surface area (Å²) in [6.07, 6.45) is 2.21. The van der Waals surface area contributed by atoms with Crippen LogP contribution >= 0.6 is 0 Å². The Morgan fingerprint density at radius 3 is 2.73 bits per heavy atom. The monoisotopic (exact) mass is 206 g/mol. The summed E-state index contributed by atoms with van der Waals surface area (Å²) in [6.45, 7) is 5.84. The first-order valence-electron chi connectivity index (χ1n) is 4.92. The number of furan rings is 1. The number of hydrogen-bond donors (Lipinski definition) is 0. The summed E-state index contributed by atoms with van der Waals surface area (Å²) >= 11 is 0. The van der Waals surface area contributed by atoms with Crippen molar-refractivity contribution in [1.82, 2.24) is 0 Å². The van der Waals surface area contributed by atoms with Gasteiger partial charge in [0, 0.05) is 26.2 Å². The largest absolute Gasteiger partial charge is 0.857 e. The van der Waals surface area contributed by atoms with Gasteiger partial charge in [0.05, 0.1) is 0 Å². The smallest absolute Gasteiger partial charge is 0.239 e. The lowest BCUT2D eigenvalue weighted by molar-refractivity contribution is -0.592. The molecule has 15 heavy (non-hydrogen) atoms. The lowest BCUT2D eigenvalue weighted by atomic mass is 10.0. The average Bonchev–Trinajstić information content (AvgIpc) is 2.58. The molecule has 0 radical (unpaired) electrons. The highest BCUT2D eigenvalue weighted by Gasteiger charge is 2.36. The van der Waals surface area contributed by atoms with Gasteiger partial charge < -0.3 is 9.52 Å². The third kappa shape index (κ3) is 1.93. The Balaban J connectivity index is 2.34. The maximum absolute atomic E-state index is 11.2. The predicted octanol–water partition coefficient (Wildman–Crippen LogP) is 0.876. The van der Waals surface area contributed by atoms with Crippen molar-refractivity contribution in [3.8, 4) is 0 Å². The van der Waals surface area contributed by atoms with Crippen LogP contribution < -0.4 is 5.11 Å². The van der Waals surface area contributed by atoms with Crippen molar-refractivity contribution in [2.45, 2.75) is 32.7 Å². The first-order chi connectivity index (χ1) is 6.97. The van der Waals surface area contributed by atoms with Crippen molar-refractivity contribution >= 4 is 12.1 Å². The Bertz CT molecular complexity index is 441. The van der Waals surface area contributed by atoms with Crippen LogP contribution in [0.3, 0.4) is 0 Å². The van der Waals surface area contributed by atoms with Crippen LogP contribution in [-0.4, -0.2) is 22.3 Å². The summed E-state index contributed by atoms with van der Waals surface area (Å²) in [7, 11) is 0. The number of aryl methyl sites for hydroxylation is 1. The van der Waals surface area contributed by atoms with Gasteiger partial charge in [-0.1, -0.05) is 4.68 Å². The molecule has 1 aromatic heterocycles. The summed E-state index contributed by atoms with van der Waals surface area (Å²) < 4.78 is 7.08. The van der Waals surface area contributed by atoms with Crippen LogP contribution in [0, 0.1) is 6.92 Å². The van der Waals surface area contributed by atoms with E-state index in [9.17, 15) is 5.11 Å². The fraction of sp³-hybridized carbons (Fsp3) is 0.455. The van der Waals surface area contributed by atoms with Crippen LogP contribution in [0.5, 0.6) is 0 Å². The first-order valence-corrected chi connectivity index (χ1v) is 4.92. The van der Waals surface area contributed by atoms with Crippen molar-refractivity contribution < 1.29 is 14.2 Å². The van der Waals surface area contributed by atoms with Gasteiger partial charge in [-0.15, -0.1) is 0 Å². The highest BCUT2D eigenvalue weighted by Crippen LogP contribution is 2.20. The zero-order valence-corrected chi connectivity index (χ0v) is 9.15. The average molecular weight is 206 g/mol. The van der Waals surface area contributed by atoms with Crippen molar-refractivity contribution in [2.24, 2.45) is 5.10 Å². The van der Waals surface area contributed by atoms with Gasteiger partial charge in [0.25, 0.3) is 0 Å². The van der Waals surface area contributed by atoms with E-state index >= 15 is 0 Å². The van der Waals surface area contributed by atoms with Gasteiger partial charge in [-0.3, -0.25) is 0 Å². The van der Waals surface area contributed by atoms with E-state index < -0.39 is 0 Å². The van der Waals surface area contributed by atoms with Crippen LogP contribution in [0.15, 0.2) is 21.7 Å². The third-order valence-corrected chi connectivity index (χ3v) is 2.43. The van der Waals surface area contributed by atoms with Crippen molar-refractivity contribution in [3.63, 3.8) is 0 Å². The van der Waals surface area contributed by atoms with Crippen LogP contribution in [-0.2, 0) is 0 Å². The van der Waals surface area contributed by atoms with Crippen LogP contribution in [0.25, 0.3) is 0 Å². The molecule has 1 aliphatic rings. The second-order valence-electron chi connectivity index (χ2n) is 4.41. The molecule has 0 N–H and O–H groups in total. The molecule has 0 amide bonds. The summed E-state index contributed by atoms with van der Waals surface area (Å²) in [5.41, 5.74) is -0.252. The SMILES string of the molecule is Cc1ccc(/C=[N+]2\N=C([O-])CC2(C)C)o1.